The fourth-order valence-corrected chi connectivity index (χ4v) is 4.05. The van der Waals surface area contributed by atoms with Crippen LogP contribution in [0.1, 0.15) is 63.4 Å². The number of hydrogen-bond donors (Lipinski definition) is 1. The van der Waals surface area contributed by atoms with Gasteiger partial charge in [-0.25, -0.2) is 0 Å². The molecule has 1 aromatic carbocycles. The summed E-state index contributed by atoms with van der Waals surface area (Å²) in [6, 6.07) is 9.97. The van der Waals surface area contributed by atoms with Crippen LogP contribution in [-0.4, -0.2) is 19.2 Å². The maximum Gasteiger partial charge on any atom is 0.122 e. The van der Waals surface area contributed by atoms with Crippen LogP contribution in [-0.2, 0) is 0 Å². The summed E-state index contributed by atoms with van der Waals surface area (Å²) < 4.78 is 5.50. The fraction of sp³-hybridized carbons (Fsp3) is 0.684. The number of ether oxygens (including phenoxy) is 1. The molecule has 0 aliphatic heterocycles. The first-order chi connectivity index (χ1) is 10.3. The lowest BCUT2D eigenvalue weighted by Crippen LogP contribution is -2.47. The summed E-state index contributed by atoms with van der Waals surface area (Å²) in [6.07, 6.45) is 9.57. The molecular weight excluding hydrogens is 258 g/mol. The molecule has 2 aliphatic rings. The van der Waals surface area contributed by atoms with Crippen LogP contribution in [0.3, 0.4) is 0 Å². The highest BCUT2D eigenvalue weighted by Crippen LogP contribution is 2.41. The molecule has 0 heterocycles. The van der Waals surface area contributed by atoms with Gasteiger partial charge in [-0.05, 0) is 49.1 Å². The Hall–Kier alpha value is -1.02. The highest BCUT2D eigenvalue weighted by molar-refractivity contribution is 5.37. The Morgan fingerprint density at radius 2 is 1.81 bits per heavy atom. The first-order valence-corrected chi connectivity index (χ1v) is 8.67. The number of para-hydroxylation sites is 1. The van der Waals surface area contributed by atoms with E-state index in [0.29, 0.717) is 12.0 Å². The summed E-state index contributed by atoms with van der Waals surface area (Å²) >= 11 is 0. The van der Waals surface area contributed by atoms with Crippen molar-refractivity contribution in [3.63, 3.8) is 0 Å². The van der Waals surface area contributed by atoms with Crippen molar-refractivity contribution in [2.24, 2.45) is 5.92 Å². The third kappa shape index (κ3) is 3.42. The largest absolute Gasteiger partial charge is 0.496 e. The zero-order chi connectivity index (χ0) is 14.7. The van der Waals surface area contributed by atoms with E-state index < -0.39 is 0 Å². The Bertz CT molecular complexity index is 453. The highest BCUT2D eigenvalue weighted by Gasteiger charge is 2.34. The van der Waals surface area contributed by atoms with Crippen molar-refractivity contribution in [1.82, 2.24) is 5.32 Å². The summed E-state index contributed by atoms with van der Waals surface area (Å²) in [5, 5.41) is 3.94. The number of rotatable bonds is 4. The van der Waals surface area contributed by atoms with Crippen LogP contribution < -0.4 is 10.1 Å². The van der Waals surface area contributed by atoms with Gasteiger partial charge in [0, 0.05) is 12.1 Å². The van der Waals surface area contributed by atoms with E-state index in [-0.39, 0.29) is 0 Å². The van der Waals surface area contributed by atoms with Gasteiger partial charge in [-0.2, -0.15) is 0 Å². The second kappa shape index (κ2) is 6.83. The summed E-state index contributed by atoms with van der Waals surface area (Å²) in [4.78, 5) is 0. The van der Waals surface area contributed by atoms with Gasteiger partial charge in [0.25, 0.3) is 0 Å². The van der Waals surface area contributed by atoms with E-state index >= 15 is 0 Å². The zero-order valence-electron chi connectivity index (χ0n) is 13.5. The molecule has 0 bridgehead atoms. The smallest absolute Gasteiger partial charge is 0.122 e. The van der Waals surface area contributed by atoms with Crippen LogP contribution in [0.5, 0.6) is 5.75 Å². The van der Waals surface area contributed by atoms with E-state index in [2.05, 4.69) is 36.5 Å². The average Bonchev–Trinajstić information content (AvgIpc) is 2.67. The van der Waals surface area contributed by atoms with Gasteiger partial charge in [-0.1, -0.05) is 44.4 Å². The van der Waals surface area contributed by atoms with E-state index in [1.54, 1.807) is 7.11 Å². The van der Waals surface area contributed by atoms with Crippen LogP contribution in [0.15, 0.2) is 24.3 Å². The molecule has 2 aliphatic carbocycles. The lowest BCUT2D eigenvalue weighted by atomic mass is 9.75. The molecule has 1 aromatic rings. The maximum atomic E-state index is 5.50. The van der Waals surface area contributed by atoms with Gasteiger partial charge in [0.15, 0.2) is 0 Å². The Kier molecular flexibility index (Phi) is 4.84. The van der Waals surface area contributed by atoms with Crippen LogP contribution in [0.25, 0.3) is 0 Å². The van der Waals surface area contributed by atoms with E-state index in [9.17, 15) is 0 Å². The van der Waals surface area contributed by atoms with Gasteiger partial charge >= 0.3 is 0 Å². The molecule has 2 unspecified atom stereocenters. The third-order valence-electron chi connectivity index (χ3n) is 5.53. The first kappa shape index (κ1) is 14.9. The molecule has 21 heavy (non-hydrogen) atoms. The molecule has 0 aromatic heterocycles. The van der Waals surface area contributed by atoms with Crippen LogP contribution >= 0.6 is 0 Å². The Morgan fingerprint density at radius 1 is 1.05 bits per heavy atom. The van der Waals surface area contributed by atoms with Crippen molar-refractivity contribution < 1.29 is 4.74 Å². The standard InChI is InChI=1S/C19H29NO/c1-14-8-4-3-5-10-18(14)20-16-12-15(13-16)17-9-6-7-11-19(17)21-2/h6-7,9,11,14-16,18,20H,3-5,8,10,12-13H2,1-2H3. The van der Waals surface area contributed by atoms with Gasteiger partial charge in [0.2, 0.25) is 0 Å². The molecule has 2 heteroatoms. The number of methoxy groups -OCH3 is 1. The molecule has 0 radical (unpaired) electrons. The maximum absolute atomic E-state index is 5.50. The van der Waals surface area contributed by atoms with Gasteiger partial charge in [0.1, 0.15) is 5.75 Å². The van der Waals surface area contributed by atoms with Gasteiger partial charge in [-0.15, -0.1) is 0 Å². The minimum absolute atomic E-state index is 0.680. The third-order valence-corrected chi connectivity index (χ3v) is 5.53. The van der Waals surface area contributed by atoms with Crippen molar-refractivity contribution in [3.8, 4) is 5.75 Å². The van der Waals surface area contributed by atoms with Gasteiger partial charge < -0.3 is 10.1 Å². The van der Waals surface area contributed by atoms with Crippen LogP contribution in [0.2, 0.25) is 0 Å². The van der Waals surface area contributed by atoms with E-state index in [0.717, 1.165) is 17.7 Å². The Balaban J connectivity index is 1.53. The van der Waals surface area contributed by atoms with Crippen molar-refractivity contribution in [2.75, 3.05) is 7.11 Å². The molecular formula is C19H29NO. The SMILES string of the molecule is COc1ccccc1C1CC(NC2CCCCCC2C)C1. The molecule has 2 saturated carbocycles. The topological polar surface area (TPSA) is 21.3 Å². The minimum atomic E-state index is 0.680. The van der Waals surface area contributed by atoms with Crippen LogP contribution in [0.4, 0.5) is 0 Å². The summed E-state index contributed by atoms with van der Waals surface area (Å²) in [5.74, 6) is 2.58. The molecule has 2 nitrogen and oxygen atoms in total. The van der Waals surface area contributed by atoms with Crippen molar-refractivity contribution >= 4 is 0 Å². The fourth-order valence-electron chi connectivity index (χ4n) is 4.05. The molecule has 2 fully saturated rings. The van der Waals surface area contributed by atoms with Crippen molar-refractivity contribution in [2.45, 2.75) is 69.9 Å². The number of hydrogen-bond acceptors (Lipinski definition) is 2. The average molecular weight is 287 g/mol. The van der Waals surface area contributed by atoms with Crippen molar-refractivity contribution in [1.29, 1.82) is 0 Å². The molecule has 0 spiro atoms. The molecule has 0 amide bonds. The molecule has 3 rings (SSSR count). The predicted octanol–water partition coefficient (Wildman–Crippen LogP) is 4.50. The van der Waals surface area contributed by atoms with E-state index in [4.69, 9.17) is 4.74 Å². The molecule has 0 saturated heterocycles. The normalized spacial score (nSPS) is 33.0. The molecule has 1 N–H and O–H groups in total. The number of nitrogens with one attached hydrogen (secondary N) is 1. The number of benzene rings is 1. The predicted molar refractivity (Wildman–Crippen MR) is 87.9 cm³/mol. The lowest BCUT2D eigenvalue weighted by molar-refractivity contribution is 0.226. The summed E-state index contributed by atoms with van der Waals surface area (Å²) in [6.45, 7) is 2.43. The Morgan fingerprint density at radius 3 is 2.62 bits per heavy atom. The molecule has 2 atom stereocenters. The summed E-state index contributed by atoms with van der Waals surface area (Å²) in [7, 11) is 1.78. The summed E-state index contributed by atoms with van der Waals surface area (Å²) in [5.41, 5.74) is 1.40. The van der Waals surface area contributed by atoms with Crippen molar-refractivity contribution in [3.05, 3.63) is 29.8 Å². The van der Waals surface area contributed by atoms with Gasteiger partial charge in [0.05, 0.1) is 7.11 Å². The Labute approximate surface area is 129 Å². The lowest BCUT2D eigenvalue weighted by Gasteiger charge is -2.40. The monoisotopic (exact) mass is 287 g/mol. The molecule has 116 valence electrons. The van der Waals surface area contributed by atoms with E-state index in [1.165, 1.54) is 50.5 Å². The van der Waals surface area contributed by atoms with E-state index in [1.807, 2.05) is 0 Å². The first-order valence-electron chi connectivity index (χ1n) is 8.67. The quantitative estimate of drug-likeness (QED) is 0.823. The van der Waals surface area contributed by atoms with Crippen LogP contribution in [0, 0.1) is 5.92 Å². The van der Waals surface area contributed by atoms with Gasteiger partial charge in [-0.3, -0.25) is 0 Å². The second-order valence-electron chi connectivity index (χ2n) is 7.00. The zero-order valence-corrected chi connectivity index (χ0v) is 13.5. The minimum Gasteiger partial charge on any atom is -0.496 e. The highest BCUT2D eigenvalue weighted by atomic mass is 16.5. The second-order valence-corrected chi connectivity index (χ2v) is 7.00.